The predicted octanol–water partition coefficient (Wildman–Crippen LogP) is 4.16. The topological polar surface area (TPSA) is 58.2 Å². The minimum atomic E-state index is -0.443. The second-order valence-corrected chi connectivity index (χ2v) is 5.38. The average Bonchev–Trinajstić information content (AvgIpc) is 2.55. The first kappa shape index (κ1) is 17.1. The van der Waals surface area contributed by atoms with Gasteiger partial charge in [0.05, 0.1) is 26.9 Å². The number of benzene rings is 2. The van der Waals surface area contributed by atoms with Crippen molar-refractivity contribution in [2.45, 2.75) is 0 Å². The molecule has 6 heteroatoms. The zero-order valence-electron chi connectivity index (χ0n) is 12.1. The van der Waals surface area contributed by atoms with E-state index in [2.05, 4.69) is 17.2 Å². The summed E-state index contributed by atoms with van der Waals surface area (Å²) in [7, 11) is 0. The van der Waals surface area contributed by atoms with Crippen LogP contribution in [-0.4, -0.2) is 18.4 Å². The average molecular weight is 349 g/mol. The fourth-order valence-corrected chi connectivity index (χ4v) is 2.31. The first-order valence-corrected chi connectivity index (χ1v) is 7.53. The van der Waals surface area contributed by atoms with Gasteiger partial charge in [-0.25, -0.2) is 0 Å². The summed E-state index contributed by atoms with van der Waals surface area (Å²) < 4.78 is 0. The molecule has 2 aromatic carbocycles. The Kier molecular flexibility index (Phi) is 5.79. The number of rotatable bonds is 5. The second-order valence-electron chi connectivity index (χ2n) is 4.60. The van der Waals surface area contributed by atoms with Gasteiger partial charge in [0.25, 0.3) is 11.8 Å². The van der Waals surface area contributed by atoms with Gasteiger partial charge in [-0.2, -0.15) is 0 Å². The highest BCUT2D eigenvalue weighted by Gasteiger charge is 2.16. The van der Waals surface area contributed by atoms with Crippen molar-refractivity contribution in [2.24, 2.45) is 0 Å². The Morgan fingerprint density at radius 3 is 2.43 bits per heavy atom. The molecule has 0 spiro atoms. The molecule has 2 rings (SSSR count). The SMILES string of the molecule is C=CCNC(=O)c1ccccc1NC(=O)c1cccc(Cl)c1Cl. The summed E-state index contributed by atoms with van der Waals surface area (Å²) in [5.41, 5.74) is 0.969. The van der Waals surface area contributed by atoms with Crippen molar-refractivity contribution in [1.29, 1.82) is 0 Å². The number of hydrogen-bond acceptors (Lipinski definition) is 2. The number of nitrogens with one attached hydrogen (secondary N) is 2. The highest BCUT2D eigenvalue weighted by molar-refractivity contribution is 6.44. The molecule has 23 heavy (non-hydrogen) atoms. The Balaban J connectivity index is 2.26. The van der Waals surface area contributed by atoms with Gasteiger partial charge in [0.15, 0.2) is 0 Å². The Morgan fingerprint density at radius 2 is 1.70 bits per heavy atom. The quantitative estimate of drug-likeness (QED) is 0.797. The van der Waals surface area contributed by atoms with Gasteiger partial charge in [-0.1, -0.05) is 47.5 Å². The molecular formula is C17H14Cl2N2O2. The van der Waals surface area contributed by atoms with Crippen LogP contribution in [0, 0.1) is 0 Å². The molecular weight excluding hydrogens is 335 g/mol. The summed E-state index contributed by atoms with van der Waals surface area (Å²) in [5, 5.41) is 5.81. The maximum absolute atomic E-state index is 12.4. The molecule has 0 aliphatic carbocycles. The summed E-state index contributed by atoms with van der Waals surface area (Å²) in [6.07, 6.45) is 1.57. The zero-order valence-corrected chi connectivity index (χ0v) is 13.6. The van der Waals surface area contributed by atoms with Crippen molar-refractivity contribution >= 4 is 40.7 Å². The lowest BCUT2D eigenvalue weighted by atomic mass is 10.1. The molecule has 2 N–H and O–H groups in total. The smallest absolute Gasteiger partial charge is 0.257 e. The Hall–Kier alpha value is -2.30. The van der Waals surface area contributed by atoms with E-state index < -0.39 is 5.91 Å². The van der Waals surface area contributed by atoms with E-state index in [-0.39, 0.29) is 21.5 Å². The van der Waals surface area contributed by atoms with Crippen molar-refractivity contribution in [1.82, 2.24) is 5.32 Å². The highest BCUT2D eigenvalue weighted by Crippen LogP contribution is 2.26. The van der Waals surface area contributed by atoms with E-state index in [1.54, 1.807) is 48.5 Å². The predicted molar refractivity (Wildman–Crippen MR) is 93.4 cm³/mol. The van der Waals surface area contributed by atoms with Crippen LogP contribution < -0.4 is 10.6 Å². The van der Waals surface area contributed by atoms with Gasteiger partial charge in [0, 0.05) is 6.54 Å². The Labute approximate surface area is 144 Å². The van der Waals surface area contributed by atoms with Gasteiger partial charge in [0.1, 0.15) is 0 Å². The number of amides is 2. The molecule has 2 amide bonds. The highest BCUT2D eigenvalue weighted by atomic mass is 35.5. The molecule has 0 saturated heterocycles. The van der Waals surface area contributed by atoms with Gasteiger partial charge in [0.2, 0.25) is 0 Å². The normalized spacial score (nSPS) is 10.0. The minimum Gasteiger partial charge on any atom is -0.349 e. The molecule has 0 fully saturated rings. The van der Waals surface area contributed by atoms with Crippen molar-refractivity contribution in [3.63, 3.8) is 0 Å². The summed E-state index contributed by atoms with van der Waals surface area (Å²) in [4.78, 5) is 24.5. The van der Waals surface area contributed by atoms with Crippen molar-refractivity contribution in [3.05, 3.63) is 76.3 Å². The standard InChI is InChI=1S/C17H14Cl2N2O2/c1-2-10-20-16(22)11-6-3-4-9-14(11)21-17(23)12-7-5-8-13(18)15(12)19/h2-9H,1,10H2,(H,20,22)(H,21,23). The van der Waals surface area contributed by atoms with Crippen LogP contribution in [0.15, 0.2) is 55.1 Å². The molecule has 4 nitrogen and oxygen atoms in total. The third-order valence-electron chi connectivity index (χ3n) is 3.02. The van der Waals surface area contributed by atoms with E-state index in [1.165, 1.54) is 0 Å². The second kappa shape index (κ2) is 7.81. The number of carbonyl (C=O) groups excluding carboxylic acids is 2. The largest absolute Gasteiger partial charge is 0.349 e. The monoisotopic (exact) mass is 348 g/mol. The molecule has 0 bridgehead atoms. The van der Waals surface area contributed by atoms with Crippen molar-refractivity contribution in [2.75, 3.05) is 11.9 Å². The number of hydrogen-bond donors (Lipinski definition) is 2. The molecule has 0 saturated carbocycles. The van der Waals surface area contributed by atoms with Crippen molar-refractivity contribution < 1.29 is 9.59 Å². The number of halogens is 2. The number of anilines is 1. The molecule has 0 aromatic heterocycles. The first-order chi connectivity index (χ1) is 11.0. The molecule has 0 aliphatic rings. The van der Waals surface area contributed by atoms with Gasteiger partial charge in [-0.15, -0.1) is 6.58 Å². The molecule has 0 unspecified atom stereocenters. The van der Waals surface area contributed by atoms with E-state index in [0.29, 0.717) is 17.8 Å². The van der Waals surface area contributed by atoms with Crippen LogP contribution in [0.2, 0.25) is 10.0 Å². The molecule has 0 aliphatic heterocycles. The third kappa shape index (κ3) is 4.12. The van der Waals surface area contributed by atoms with Crippen LogP contribution in [0.1, 0.15) is 20.7 Å². The van der Waals surface area contributed by atoms with E-state index in [9.17, 15) is 9.59 Å². The molecule has 0 heterocycles. The van der Waals surface area contributed by atoms with Gasteiger partial charge in [-0.3, -0.25) is 9.59 Å². The molecule has 0 radical (unpaired) electrons. The lowest BCUT2D eigenvalue weighted by Gasteiger charge is -2.12. The van der Waals surface area contributed by atoms with Crippen LogP contribution in [-0.2, 0) is 0 Å². The summed E-state index contributed by atoms with van der Waals surface area (Å²) in [6, 6.07) is 11.5. The molecule has 0 atom stereocenters. The zero-order chi connectivity index (χ0) is 16.8. The maximum atomic E-state index is 12.4. The van der Waals surface area contributed by atoms with Crippen LogP contribution in [0.4, 0.5) is 5.69 Å². The van der Waals surface area contributed by atoms with Gasteiger partial charge < -0.3 is 10.6 Å². The van der Waals surface area contributed by atoms with E-state index in [0.717, 1.165) is 0 Å². The van der Waals surface area contributed by atoms with Crippen LogP contribution in [0.3, 0.4) is 0 Å². The van der Waals surface area contributed by atoms with E-state index >= 15 is 0 Å². The van der Waals surface area contributed by atoms with Crippen LogP contribution >= 0.6 is 23.2 Å². The lowest BCUT2D eigenvalue weighted by molar-refractivity contribution is 0.0959. The Morgan fingerprint density at radius 1 is 1.00 bits per heavy atom. The molecule has 118 valence electrons. The number of carbonyl (C=O) groups is 2. The van der Waals surface area contributed by atoms with Gasteiger partial charge >= 0.3 is 0 Å². The minimum absolute atomic E-state index is 0.167. The summed E-state index contributed by atoms with van der Waals surface area (Å²) in [6.45, 7) is 3.88. The van der Waals surface area contributed by atoms with E-state index in [4.69, 9.17) is 23.2 Å². The summed E-state index contributed by atoms with van der Waals surface area (Å²) >= 11 is 12.0. The third-order valence-corrected chi connectivity index (χ3v) is 3.84. The van der Waals surface area contributed by atoms with Crippen LogP contribution in [0.5, 0.6) is 0 Å². The van der Waals surface area contributed by atoms with E-state index in [1.807, 2.05) is 0 Å². The summed E-state index contributed by atoms with van der Waals surface area (Å²) in [5.74, 6) is -0.750. The fourth-order valence-electron chi connectivity index (χ4n) is 1.92. The number of para-hydroxylation sites is 1. The van der Waals surface area contributed by atoms with Crippen molar-refractivity contribution in [3.8, 4) is 0 Å². The fraction of sp³-hybridized carbons (Fsp3) is 0.0588. The van der Waals surface area contributed by atoms with Gasteiger partial charge in [-0.05, 0) is 24.3 Å². The lowest BCUT2D eigenvalue weighted by Crippen LogP contribution is -2.25. The molecule has 2 aromatic rings. The maximum Gasteiger partial charge on any atom is 0.257 e. The first-order valence-electron chi connectivity index (χ1n) is 6.78. The Bertz CT molecular complexity index is 760. The van der Waals surface area contributed by atoms with Crippen LogP contribution in [0.25, 0.3) is 0 Å².